The molecule has 0 radical (unpaired) electrons. The average Bonchev–Trinajstić information content (AvgIpc) is 3.00. The van der Waals surface area contributed by atoms with Gasteiger partial charge in [-0.05, 0) is 58.2 Å². The second-order valence-corrected chi connectivity index (χ2v) is 8.68. The Hall–Kier alpha value is -3.80. The fourth-order valence-corrected chi connectivity index (χ4v) is 4.33. The number of ether oxygens (including phenoxy) is 1. The zero-order valence-electron chi connectivity index (χ0n) is 18.6. The van der Waals surface area contributed by atoms with Crippen LogP contribution in [-0.4, -0.2) is 22.7 Å². The number of aromatic nitrogens is 1. The van der Waals surface area contributed by atoms with Crippen molar-refractivity contribution in [1.82, 2.24) is 4.98 Å². The van der Waals surface area contributed by atoms with Crippen LogP contribution in [0.1, 0.15) is 46.0 Å². The van der Waals surface area contributed by atoms with E-state index in [9.17, 15) is 9.18 Å². The van der Waals surface area contributed by atoms with Gasteiger partial charge in [-0.25, -0.2) is 9.37 Å². The van der Waals surface area contributed by atoms with E-state index in [0.29, 0.717) is 10.9 Å². The first-order chi connectivity index (χ1) is 17.0. The van der Waals surface area contributed by atoms with Crippen LogP contribution in [0, 0.1) is 5.82 Å². The smallest absolute Gasteiger partial charge is 0.305 e. The number of carboxylic acids is 1. The van der Waals surface area contributed by atoms with Crippen LogP contribution in [-0.2, 0) is 9.53 Å². The molecular weight excluding hydrogens is 465 g/mol. The lowest BCUT2D eigenvalue weighted by atomic mass is 9.94. The van der Waals surface area contributed by atoms with Crippen molar-refractivity contribution in [2.24, 2.45) is 0 Å². The quantitative estimate of drug-likeness (QED) is 0.312. The standard InChI is InChI=1S/C29H21ClFNO3/c30-25-17-27-21(16-26(25)31)10-12-22(32-27)11-6-18-5-7-20-9-8-19-3-1-2-4-23(19)29(24(20)15-18)35-14-13-28(33)34/h1-12,15-17,29H,13-14H2,(H,33,34)/b11-6+. The first-order valence-corrected chi connectivity index (χ1v) is 11.5. The summed E-state index contributed by atoms with van der Waals surface area (Å²) in [5.74, 6) is -1.36. The largest absolute Gasteiger partial charge is 0.481 e. The minimum absolute atomic E-state index is 0.0409. The maximum absolute atomic E-state index is 13.7. The van der Waals surface area contributed by atoms with E-state index in [0.717, 1.165) is 33.5 Å². The van der Waals surface area contributed by atoms with Gasteiger partial charge in [0.2, 0.25) is 0 Å². The number of carbonyl (C=O) groups is 1. The van der Waals surface area contributed by atoms with Crippen molar-refractivity contribution < 1.29 is 19.0 Å². The summed E-state index contributed by atoms with van der Waals surface area (Å²) in [6.07, 6.45) is 7.49. The molecule has 0 saturated carbocycles. The Morgan fingerprint density at radius 2 is 1.80 bits per heavy atom. The monoisotopic (exact) mass is 485 g/mol. The molecule has 3 aromatic carbocycles. The molecule has 1 aliphatic rings. The molecule has 0 aliphatic heterocycles. The van der Waals surface area contributed by atoms with Crippen molar-refractivity contribution in [3.63, 3.8) is 0 Å². The summed E-state index contributed by atoms with van der Waals surface area (Å²) in [4.78, 5) is 15.6. The first kappa shape index (κ1) is 23.0. The second-order valence-electron chi connectivity index (χ2n) is 8.27. The van der Waals surface area contributed by atoms with Crippen molar-refractivity contribution >= 4 is 52.8 Å². The lowest BCUT2D eigenvalue weighted by Crippen LogP contribution is -2.12. The normalized spacial score (nSPS) is 14.6. The molecule has 1 atom stereocenters. The molecule has 0 bridgehead atoms. The lowest BCUT2D eigenvalue weighted by Gasteiger charge is -2.21. The van der Waals surface area contributed by atoms with Crippen LogP contribution in [0.2, 0.25) is 5.02 Å². The number of pyridine rings is 1. The number of carboxylic acid groups (broad SMARTS) is 1. The third-order valence-corrected chi connectivity index (χ3v) is 6.20. The van der Waals surface area contributed by atoms with Gasteiger partial charge >= 0.3 is 5.97 Å². The highest BCUT2D eigenvalue weighted by Crippen LogP contribution is 2.36. The van der Waals surface area contributed by atoms with Gasteiger partial charge in [0.15, 0.2) is 0 Å². The van der Waals surface area contributed by atoms with E-state index < -0.39 is 11.8 Å². The molecule has 4 aromatic rings. The molecule has 6 heteroatoms. The molecule has 4 nitrogen and oxygen atoms in total. The number of hydrogen-bond acceptors (Lipinski definition) is 3. The predicted octanol–water partition coefficient (Wildman–Crippen LogP) is 7.26. The number of nitrogens with zero attached hydrogens (tertiary/aromatic N) is 1. The van der Waals surface area contributed by atoms with Crippen molar-refractivity contribution in [2.75, 3.05) is 6.61 Å². The molecule has 1 heterocycles. The van der Waals surface area contributed by atoms with E-state index in [4.69, 9.17) is 21.4 Å². The number of hydrogen-bond donors (Lipinski definition) is 1. The van der Waals surface area contributed by atoms with Crippen LogP contribution in [0.5, 0.6) is 0 Å². The molecule has 1 aromatic heterocycles. The van der Waals surface area contributed by atoms with E-state index in [1.54, 1.807) is 0 Å². The van der Waals surface area contributed by atoms with Crippen molar-refractivity contribution in [2.45, 2.75) is 12.5 Å². The van der Waals surface area contributed by atoms with Gasteiger partial charge in [0.05, 0.1) is 29.3 Å². The van der Waals surface area contributed by atoms with Crippen molar-refractivity contribution in [1.29, 1.82) is 0 Å². The van der Waals surface area contributed by atoms with Gasteiger partial charge < -0.3 is 9.84 Å². The maximum atomic E-state index is 13.7. The molecule has 0 fully saturated rings. The van der Waals surface area contributed by atoms with Crippen LogP contribution in [0.25, 0.3) is 35.2 Å². The summed E-state index contributed by atoms with van der Waals surface area (Å²) >= 11 is 5.91. The van der Waals surface area contributed by atoms with Crippen LogP contribution >= 0.6 is 11.6 Å². The highest BCUT2D eigenvalue weighted by atomic mass is 35.5. The number of aliphatic carboxylic acids is 1. The molecule has 174 valence electrons. The molecular formula is C29H21ClFNO3. The van der Waals surface area contributed by atoms with Crippen LogP contribution in [0.15, 0.2) is 66.7 Å². The maximum Gasteiger partial charge on any atom is 0.305 e. The zero-order chi connectivity index (χ0) is 24.4. The SMILES string of the molecule is O=C(O)CCOC1c2ccccc2C=Cc2ccc(/C=C/c3ccc4cc(F)c(Cl)cc4n3)cc21. The molecule has 5 rings (SSSR count). The fourth-order valence-electron chi connectivity index (χ4n) is 4.18. The van der Waals surface area contributed by atoms with Gasteiger partial charge in [-0.3, -0.25) is 4.79 Å². The second kappa shape index (κ2) is 9.82. The van der Waals surface area contributed by atoms with Crippen molar-refractivity contribution in [3.05, 3.63) is 111 Å². The molecule has 1 N–H and O–H groups in total. The number of fused-ring (bicyclic) bond motifs is 3. The molecule has 35 heavy (non-hydrogen) atoms. The van der Waals surface area contributed by atoms with E-state index in [-0.39, 0.29) is 24.2 Å². The Morgan fingerprint density at radius 3 is 2.63 bits per heavy atom. The van der Waals surface area contributed by atoms with E-state index in [1.165, 1.54) is 12.1 Å². The predicted molar refractivity (Wildman–Crippen MR) is 137 cm³/mol. The summed E-state index contributed by atoms with van der Waals surface area (Å²) in [5.41, 5.74) is 6.30. The summed E-state index contributed by atoms with van der Waals surface area (Å²) in [6, 6.07) is 20.6. The van der Waals surface area contributed by atoms with E-state index in [1.807, 2.05) is 60.7 Å². The van der Waals surface area contributed by atoms with Crippen LogP contribution in [0.4, 0.5) is 4.39 Å². The Bertz CT molecular complexity index is 1500. The molecule has 0 saturated heterocycles. The van der Waals surface area contributed by atoms with Crippen LogP contribution < -0.4 is 0 Å². The minimum Gasteiger partial charge on any atom is -0.481 e. The summed E-state index contributed by atoms with van der Waals surface area (Å²) in [6.45, 7) is 0.109. The van der Waals surface area contributed by atoms with Crippen LogP contribution in [0.3, 0.4) is 0 Å². The molecule has 0 amide bonds. The summed E-state index contributed by atoms with van der Waals surface area (Å²) in [5, 5.41) is 9.80. The highest BCUT2D eigenvalue weighted by molar-refractivity contribution is 6.31. The van der Waals surface area contributed by atoms with E-state index in [2.05, 4.69) is 23.2 Å². The zero-order valence-corrected chi connectivity index (χ0v) is 19.4. The molecule has 0 spiro atoms. The number of halogens is 2. The minimum atomic E-state index is -0.895. The Balaban J connectivity index is 1.48. The third-order valence-electron chi connectivity index (χ3n) is 5.91. The average molecular weight is 486 g/mol. The topological polar surface area (TPSA) is 59.4 Å². The Kier molecular flexibility index (Phi) is 6.45. The highest BCUT2D eigenvalue weighted by Gasteiger charge is 2.22. The molecule has 1 unspecified atom stereocenters. The third kappa shape index (κ3) is 5.02. The lowest BCUT2D eigenvalue weighted by molar-refractivity contribution is -0.138. The van der Waals surface area contributed by atoms with Crippen molar-refractivity contribution in [3.8, 4) is 0 Å². The summed E-state index contributed by atoms with van der Waals surface area (Å²) < 4.78 is 19.8. The number of rotatable bonds is 6. The van der Waals surface area contributed by atoms with Gasteiger partial charge in [0.1, 0.15) is 11.9 Å². The first-order valence-electron chi connectivity index (χ1n) is 11.2. The van der Waals surface area contributed by atoms with Gasteiger partial charge in [-0.1, -0.05) is 72.3 Å². The Morgan fingerprint density at radius 1 is 1.00 bits per heavy atom. The van der Waals surface area contributed by atoms with Gasteiger partial charge in [0.25, 0.3) is 0 Å². The van der Waals surface area contributed by atoms with Gasteiger partial charge in [-0.2, -0.15) is 0 Å². The van der Waals surface area contributed by atoms with Gasteiger partial charge in [-0.15, -0.1) is 0 Å². The Labute approximate surface area is 207 Å². The number of benzene rings is 3. The molecule has 1 aliphatic carbocycles. The fraction of sp³-hybridized carbons (Fsp3) is 0.103. The summed E-state index contributed by atoms with van der Waals surface area (Å²) in [7, 11) is 0. The van der Waals surface area contributed by atoms with E-state index >= 15 is 0 Å². The van der Waals surface area contributed by atoms with Gasteiger partial charge in [0, 0.05) is 5.39 Å².